The summed E-state index contributed by atoms with van der Waals surface area (Å²) < 4.78 is 6.18. The van der Waals surface area contributed by atoms with Crippen molar-refractivity contribution in [1.29, 1.82) is 0 Å². The van der Waals surface area contributed by atoms with Crippen molar-refractivity contribution in [1.82, 2.24) is 10.3 Å². The minimum Gasteiger partial charge on any atom is -0.494 e. The molecule has 134 valence electrons. The fourth-order valence-corrected chi connectivity index (χ4v) is 3.35. The van der Waals surface area contributed by atoms with Crippen molar-refractivity contribution in [3.8, 4) is 5.75 Å². The number of aromatic nitrogens is 1. The third-order valence-corrected chi connectivity index (χ3v) is 4.96. The molecule has 0 saturated heterocycles. The van der Waals surface area contributed by atoms with Crippen molar-refractivity contribution in [3.05, 3.63) is 53.1 Å². The van der Waals surface area contributed by atoms with Gasteiger partial charge in [0.25, 0.3) is 5.91 Å². The molecule has 7 heteroatoms. The van der Waals surface area contributed by atoms with Gasteiger partial charge in [-0.15, -0.1) is 0 Å². The third kappa shape index (κ3) is 3.83. The molecule has 2 aromatic carbocycles. The molecule has 0 fully saturated rings. The first-order chi connectivity index (χ1) is 12.5. The van der Waals surface area contributed by atoms with Gasteiger partial charge in [0.05, 0.1) is 18.4 Å². The van der Waals surface area contributed by atoms with Crippen LogP contribution in [0.2, 0.25) is 0 Å². The number of thiazole rings is 1. The van der Waals surface area contributed by atoms with E-state index in [0.29, 0.717) is 22.0 Å². The zero-order chi connectivity index (χ0) is 18.7. The standard InChI is InChI=1S/C19H19N3O3S/c1-11-7-8-13(9-12(11)2)18(24)20-10-16(23)21-19-22-17-14(25-3)5-4-6-15(17)26-19/h4-9H,10H2,1-3H3,(H,20,24)(H,21,22,23). The smallest absolute Gasteiger partial charge is 0.251 e. The van der Waals surface area contributed by atoms with E-state index < -0.39 is 0 Å². The van der Waals surface area contributed by atoms with Gasteiger partial charge in [-0.2, -0.15) is 0 Å². The fourth-order valence-electron chi connectivity index (χ4n) is 2.45. The molecular formula is C19H19N3O3S. The summed E-state index contributed by atoms with van der Waals surface area (Å²) in [5.41, 5.74) is 3.39. The Labute approximate surface area is 155 Å². The number of ether oxygens (including phenoxy) is 1. The lowest BCUT2D eigenvalue weighted by Crippen LogP contribution is -2.32. The third-order valence-electron chi connectivity index (χ3n) is 4.03. The van der Waals surface area contributed by atoms with Crippen LogP contribution < -0.4 is 15.4 Å². The van der Waals surface area contributed by atoms with Gasteiger partial charge in [-0.25, -0.2) is 4.98 Å². The molecule has 26 heavy (non-hydrogen) atoms. The fraction of sp³-hybridized carbons (Fsp3) is 0.211. The maximum Gasteiger partial charge on any atom is 0.251 e. The number of nitrogens with zero attached hydrogens (tertiary/aromatic N) is 1. The van der Waals surface area contributed by atoms with E-state index in [9.17, 15) is 9.59 Å². The number of hydrogen-bond acceptors (Lipinski definition) is 5. The summed E-state index contributed by atoms with van der Waals surface area (Å²) in [7, 11) is 1.58. The Hall–Kier alpha value is -2.93. The van der Waals surface area contributed by atoms with Crippen LogP contribution in [0.15, 0.2) is 36.4 Å². The average Bonchev–Trinajstić information content (AvgIpc) is 3.04. The lowest BCUT2D eigenvalue weighted by molar-refractivity contribution is -0.115. The molecule has 0 atom stereocenters. The van der Waals surface area contributed by atoms with Crippen LogP contribution in [0.4, 0.5) is 5.13 Å². The number of amides is 2. The summed E-state index contributed by atoms with van der Waals surface area (Å²) in [6, 6.07) is 11.0. The maximum absolute atomic E-state index is 12.2. The SMILES string of the molecule is COc1cccc2sc(NC(=O)CNC(=O)c3ccc(C)c(C)c3)nc12. The first-order valence-corrected chi connectivity index (χ1v) is 8.88. The highest BCUT2D eigenvalue weighted by Gasteiger charge is 2.12. The van der Waals surface area contributed by atoms with Crippen molar-refractivity contribution in [2.45, 2.75) is 13.8 Å². The van der Waals surface area contributed by atoms with E-state index in [1.807, 2.05) is 44.2 Å². The molecule has 2 N–H and O–H groups in total. The minimum absolute atomic E-state index is 0.126. The molecule has 2 amide bonds. The summed E-state index contributed by atoms with van der Waals surface area (Å²) in [4.78, 5) is 28.7. The zero-order valence-corrected chi connectivity index (χ0v) is 15.6. The second kappa shape index (κ2) is 7.53. The summed E-state index contributed by atoms with van der Waals surface area (Å²) >= 11 is 1.35. The van der Waals surface area contributed by atoms with Crippen molar-refractivity contribution in [2.24, 2.45) is 0 Å². The Kier molecular flexibility index (Phi) is 5.18. The summed E-state index contributed by atoms with van der Waals surface area (Å²) in [6.07, 6.45) is 0. The highest BCUT2D eigenvalue weighted by Crippen LogP contribution is 2.31. The molecule has 0 radical (unpaired) electrons. The predicted octanol–water partition coefficient (Wildman–Crippen LogP) is 3.29. The van der Waals surface area contributed by atoms with Crippen LogP contribution in [0, 0.1) is 13.8 Å². The second-order valence-electron chi connectivity index (χ2n) is 5.86. The Morgan fingerprint density at radius 3 is 2.69 bits per heavy atom. The monoisotopic (exact) mass is 369 g/mol. The molecule has 1 heterocycles. The molecule has 0 aliphatic carbocycles. The number of carbonyl (C=O) groups is 2. The molecule has 1 aromatic heterocycles. The summed E-state index contributed by atoms with van der Waals surface area (Å²) in [6.45, 7) is 3.80. The highest BCUT2D eigenvalue weighted by atomic mass is 32.1. The van der Waals surface area contributed by atoms with Crippen LogP contribution in [0.3, 0.4) is 0 Å². The molecule has 6 nitrogen and oxygen atoms in total. The lowest BCUT2D eigenvalue weighted by Gasteiger charge is -2.07. The van der Waals surface area contributed by atoms with E-state index in [4.69, 9.17) is 4.74 Å². The van der Waals surface area contributed by atoms with Gasteiger partial charge in [0.2, 0.25) is 5.91 Å². The number of carbonyl (C=O) groups excluding carboxylic acids is 2. The van der Waals surface area contributed by atoms with Crippen LogP contribution in [0.5, 0.6) is 5.75 Å². The Morgan fingerprint density at radius 1 is 1.15 bits per heavy atom. The lowest BCUT2D eigenvalue weighted by atomic mass is 10.1. The van der Waals surface area contributed by atoms with E-state index >= 15 is 0 Å². The van der Waals surface area contributed by atoms with Gasteiger partial charge in [-0.3, -0.25) is 9.59 Å². The Balaban J connectivity index is 1.62. The van der Waals surface area contributed by atoms with E-state index in [2.05, 4.69) is 15.6 Å². The second-order valence-corrected chi connectivity index (χ2v) is 6.89. The van der Waals surface area contributed by atoms with Gasteiger partial charge in [-0.05, 0) is 49.2 Å². The molecule has 0 aliphatic rings. The van der Waals surface area contributed by atoms with Crippen molar-refractivity contribution in [3.63, 3.8) is 0 Å². The predicted molar refractivity (Wildman–Crippen MR) is 103 cm³/mol. The van der Waals surface area contributed by atoms with E-state index in [0.717, 1.165) is 15.8 Å². The van der Waals surface area contributed by atoms with E-state index in [-0.39, 0.29) is 18.4 Å². The Bertz CT molecular complexity index is 981. The number of fused-ring (bicyclic) bond motifs is 1. The van der Waals surface area contributed by atoms with Crippen LogP contribution in [0.1, 0.15) is 21.5 Å². The van der Waals surface area contributed by atoms with Crippen molar-refractivity contribution >= 4 is 38.5 Å². The Morgan fingerprint density at radius 2 is 1.96 bits per heavy atom. The zero-order valence-electron chi connectivity index (χ0n) is 14.8. The summed E-state index contributed by atoms with van der Waals surface area (Å²) in [5, 5.41) is 5.80. The number of para-hydroxylation sites is 1. The minimum atomic E-state index is -0.333. The number of nitrogens with one attached hydrogen (secondary N) is 2. The molecule has 3 rings (SSSR count). The summed E-state index contributed by atoms with van der Waals surface area (Å²) in [5.74, 6) is 0.0386. The number of benzene rings is 2. The molecule has 0 spiro atoms. The molecule has 0 aliphatic heterocycles. The first-order valence-electron chi connectivity index (χ1n) is 8.07. The highest BCUT2D eigenvalue weighted by molar-refractivity contribution is 7.22. The molecule has 0 bridgehead atoms. The normalized spacial score (nSPS) is 10.6. The van der Waals surface area contributed by atoms with E-state index in [1.54, 1.807) is 13.2 Å². The van der Waals surface area contributed by atoms with Crippen LogP contribution >= 0.6 is 11.3 Å². The molecule has 3 aromatic rings. The van der Waals surface area contributed by atoms with Crippen LogP contribution in [0.25, 0.3) is 10.2 Å². The molecule has 0 unspecified atom stereocenters. The number of rotatable bonds is 5. The largest absolute Gasteiger partial charge is 0.494 e. The van der Waals surface area contributed by atoms with Gasteiger partial charge in [-0.1, -0.05) is 23.5 Å². The van der Waals surface area contributed by atoms with Crippen LogP contribution in [-0.2, 0) is 4.79 Å². The van der Waals surface area contributed by atoms with E-state index in [1.165, 1.54) is 11.3 Å². The van der Waals surface area contributed by atoms with Crippen molar-refractivity contribution in [2.75, 3.05) is 19.0 Å². The van der Waals surface area contributed by atoms with Gasteiger partial charge in [0, 0.05) is 5.56 Å². The van der Waals surface area contributed by atoms with Gasteiger partial charge in [0.15, 0.2) is 5.13 Å². The molecule has 0 saturated carbocycles. The molecular weight excluding hydrogens is 350 g/mol. The number of hydrogen-bond donors (Lipinski definition) is 2. The van der Waals surface area contributed by atoms with Gasteiger partial charge < -0.3 is 15.4 Å². The van der Waals surface area contributed by atoms with Gasteiger partial charge >= 0.3 is 0 Å². The van der Waals surface area contributed by atoms with Gasteiger partial charge in [0.1, 0.15) is 11.3 Å². The van der Waals surface area contributed by atoms with Crippen LogP contribution in [-0.4, -0.2) is 30.5 Å². The topological polar surface area (TPSA) is 80.3 Å². The van der Waals surface area contributed by atoms with Crippen molar-refractivity contribution < 1.29 is 14.3 Å². The number of anilines is 1. The maximum atomic E-state index is 12.2. The average molecular weight is 369 g/mol. The first kappa shape index (κ1) is 17.9. The number of methoxy groups -OCH3 is 1. The quantitative estimate of drug-likeness (QED) is 0.723. The number of aryl methyl sites for hydroxylation is 2.